The lowest BCUT2D eigenvalue weighted by Gasteiger charge is -2.17. The fourth-order valence-corrected chi connectivity index (χ4v) is 3.21. The Balaban J connectivity index is 1.48. The third-order valence-electron chi connectivity index (χ3n) is 4.60. The molecule has 0 bridgehead atoms. The van der Waals surface area contributed by atoms with E-state index < -0.39 is 6.10 Å². The van der Waals surface area contributed by atoms with E-state index in [0.29, 0.717) is 45.2 Å². The highest BCUT2D eigenvalue weighted by molar-refractivity contribution is 5.94. The van der Waals surface area contributed by atoms with E-state index in [1.807, 2.05) is 13.0 Å². The molecule has 1 aromatic rings. The van der Waals surface area contributed by atoms with Crippen LogP contribution in [-0.4, -0.2) is 56.9 Å². The maximum Gasteiger partial charge on any atom is 0.240 e. The van der Waals surface area contributed by atoms with Gasteiger partial charge in [0, 0.05) is 43.3 Å². The monoisotopic (exact) mass is 333 g/mol. The first-order valence-electron chi connectivity index (χ1n) is 8.32. The van der Waals surface area contributed by atoms with Gasteiger partial charge in [-0.3, -0.25) is 14.7 Å². The van der Waals surface area contributed by atoms with Gasteiger partial charge in [0.2, 0.25) is 11.8 Å². The Bertz CT molecular complexity index is 654. The Morgan fingerprint density at radius 2 is 2.25 bits per heavy atom. The molecule has 0 aromatic carbocycles. The fraction of sp³-hybridized carbons (Fsp3) is 0.625. The van der Waals surface area contributed by atoms with Crippen LogP contribution in [0.5, 0.6) is 0 Å². The van der Waals surface area contributed by atoms with Gasteiger partial charge in [-0.05, 0) is 32.3 Å². The second kappa shape index (κ2) is 7.12. The van der Waals surface area contributed by atoms with Gasteiger partial charge in [0.05, 0.1) is 11.8 Å². The number of hydrazone groups is 1. The number of likely N-dealkylation sites (tertiary alicyclic amines) is 1. The summed E-state index contributed by atoms with van der Waals surface area (Å²) in [5.41, 5.74) is 5.20. The second-order valence-corrected chi connectivity index (χ2v) is 6.59. The molecule has 3 N–H and O–H groups in total. The number of aromatic nitrogens is 2. The summed E-state index contributed by atoms with van der Waals surface area (Å²) in [7, 11) is 0. The Hall–Kier alpha value is -2.22. The van der Waals surface area contributed by atoms with Gasteiger partial charge in [-0.15, -0.1) is 0 Å². The average molecular weight is 333 g/mol. The Morgan fingerprint density at radius 3 is 2.92 bits per heavy atom. The van der Waals surface area contributed by atoms with Crippen LogP contribution in [0, 0.1) is 12.8 Å². The lowest BCUT2D eigenvalue weighted by molar-refractivity contribution is -0.130. The molecular formula is C16H23N5O3. The van der Waals surface area contributed by atoms with E-state index in [0.717, 1.165) is 17.1 Å². The smallest absolute Gasteiger partial charge is 0.240 e. The molecule has 0 saturated carbocycles. The van der Waals surface area contributed by atoms with Crippen molar-refractivity contribution in [3.05, 3.63) is 17.5 Å². The summed E-state index contributed by atoms with van der Waals surface area (Å²) in [5.74, 6) is -0.0403. The van der Waals surface area contributed by atoms with Gasteiger partial charge < -0.3 is 10.0 Å². The minimum absolute atomic E-state index is 0.0166. The van der Waals surface area contributed by atoms with Crippen LogP contribution in [-0.2, 0) is 16.0 Å². The van der Waals surface area contributed by atoms with Crippen LogP contribution in [0.1, 0.15) is 37.1 Å². The van der Waals surface area contributed by atoms with Crippen LogP contribution < -0.4 is 5.43 Å². The standard InChI is InChI=1S/C16H23N5O3/c1-10-6-13(19-17-10)7-11-8-21(9-14(11)22)16(24)5-3-12-2-4-15(23)20-18-12/h6,11,14,22H,2-5,7-9H2,1H3,(H,17,19)(H,20,23)/t11-,14+/m1/s1. The molecule has 0 spiro atoms. The molecule has 3 heterocycles. The van der Waals surface area contributed by atoms with Gasteiger partial charge in [0.1, 0.15) is 0 Å². The molecule has 2 amide bonds. The fourth-order valence-electron chi connectivity index (χ4n) is 3.21. The third-order valence-corrected chi connectivity index (χ3v) is 4.60. The number of aliphatic hydroxyl groups is 1. The van der Waals surface area contributed by atoms with Crippen LogP contribution in [0.25, 0.3) is 0 Å². The van der Waals surface area contributed by atoms with E-state index in [1.165, 1.54) is 0 Å². The van der Waals surface area contributed by atoms with Crippen molar-refractivity contribution in [2.24, 2.45) is 11.0 Å². The van der Waals surface area contributed by atoms with Crippen molar-refractivity contribution < 1.29 is 14.7 Å². The first-order chi connectivity index (χ1) is 11.5. The van der Waals surface area contributed by atoms with Crippen LogP contribution in [0.15, 0.2) is 11.2 Å². The van der Waals surface area contributed by atoms with Gasteiger partial charge in [0.25, 0.3) is 0 Å². The maximum atomic E-state index is 12.4. The van der Waals surface area contributed by atoms with Crippen molar-refractivity contribution in [2.45, 2.75) is 45.1 Å². The third kappa shape index (κ3) is 4.00. The van der Waals surface area contributed by atoms with Crippen molar-refractivity contribution in [3.8, 4) is 0 Å². The summed E-state index contributed by atoms with van der Waals surface area (Å²) >= 11 is 0. The molecule has 0 unspecified atom stereocenters. The summed E-state index contributed by atoms with van der Waals surface area (Å²) < 4.78 is 0. The highest BCUT2D eigenvalue weighted by Gasteiger charge is 2.34. The van der Waals surface area contributed by atoms with Crippen molar-refractivity contribution >= 4 is 17.5 Å². The number of hydrogen-bond donors (Lipinski definition) is 3. The Kier molecular flexibility index (Phi) is 4.94. The molecule has 24 heavy (non-hydrogen) atoms. The molecule has 8 heteroatoms. The predicted octanol–water partition coefficient (Wildman–Crippen LogP) is 0.126. The summed E-state index contributed by atoms with van der Waals surface area (Å²) in [4.78, 5) is 25.1. The highest BCUT2D eigenvalue weighted by Crippen LogP contribution is 2.22. The number of hydrogen-bond acceptors (Lipinski definition) is 5. The minimum atomic E-state index is -0.516. The van der Waals surface area contributed by atoms with E-state index in [-0.39, 0.29) is 17.7 Å². The molecule has 2 atom stereocenters. The van der Waals surface area contributed by atoms with Gasteiger partial charge in [0.15, 0.2) is 0 Å². The molecule has 1 saturated heterocycles. The van der Waals surface area contributed by atoms with E-state index in [9.17, 15) is 14.7 Å². The number of nitrogens with zero attached hydrogens (tertiary/aromatic N) is 3. The summed E-state index contributed by atoms with van der Waals surface area (Å²) in [5, 5.41) is 21.3. The number of rotatable bonds is 5. The first-order valence-corrected chi connectivity index (χ1v) is 8.32. The molecule has 1 aromatic heterocycles. The number of carbonyl (C=O) groups excluding carboxylic acids is 2. The van der Waals surface area contributed by atoms with E-state index in [2.05, 4.69) is 20.7 Å². The zero-order valence-electron chi connectivity index (χ0n) is 13.8. The lowest BCUT2D eigenvalue weighted by Crippen LogP contribution is -2.31. The molecule has 2 aliphatic heterocycles. The average Bonchev–Trinajstić information content (AvgIpc) is 3.13. The largest absolute Gasteiger partial charge is 0.391 e. The minimum Gasteiger partial charge on any atom is -0.391 e. The molecule has 3 rings (SSSR count). The molecule has 0 aliphatic carbocycles. The quantitative estimate of drug-likeness (QED) is 0.711. The zero-order chi connectivity index (χ0) is 17.1. The number of amides is 2. The number of aromatic amines is 1. The second-order valence-electron chi connectivity index (χ2n) is 6.59. The molecule has 8 nitrogen and oxygen atoms in total. The van der Waals surface area contributed by atoms with Gasteiger partial charge in [-0.2, -0.15) is 10.2 Å². The zero-order valence-corrected chi connectivity index (χ0v) is 13.8. The van der Waals surface area contributed by atoms with E-state index in [4.69, 9.17) is 0 Å². The molecule has 2 aliphatic rings. The highest BCUT2D eigenvalue weighted by atomic mass is 16.3. The van der Waals surface area contributed by atoms with Crippen LogP contribution in [0.3, 0.4) is 0 Å². The first kappa shape index (κ1) is 16.6. The SMILES string of the molecule is Cc1cc(C[C@@H]2CN(C(=O)CCC3=NNC(=O)CC3)C[C@@H]2O)n[nH]1. The van der Waals surface area contributed by atoms with Gasteiger partial charge in [-0.25, -0.2) is 5.43 Å². The molecule has 1 fully saturated rings. The number of carbonyl (C=O) groups is 2. The van der Waals surface area contributed by atoms with Gasteiger partial charge >= 0.3 is 0 Å². The number of H-pyrrole nitrogens is 1. The number of nitrogens with one attached hydrogen (secondary N) is 2. The van der Waals surface area contributed by atoms with Crippen molar-refractivity contribution in [1.29, 1.82) is 0 Å². The summed E-state index contributed by atoms with van der Waals surface area (Å²) in [6.45, 7) is 2.86. The van der Waals surface area contributed by atoms with Crippen LogP contribution in [0.4, 0.5) is 0 Å². The summed E-state index contributed by atoms with van der Waals surface area (Å²) in [6.07, 6.45) is 2.10. The Morgan fingerprint density at radius 1 is 1.42 bits per heavy atom. The van der Waals surface area contributed by atoms with Crippen LogP contribution >= 0.6 is 0 Å². The van der Waals surface area contributed by atoms with Crippen molar-refractivity contribution in [3.63, 3.8) is 0 Å². The number of aliphatic hydroxyl groups excluding tert-OH is 1. The number of aryl methyl sites for hydroxylation is 1. The Labute approximate surface area is 140 Å². The maximum absolute atomic E-state index is 12.4. The lowest BCUT2D eigenvalue weighted by atomic mass is 10.0. The van der Waals surface area contributed by atoms with Gasteiger partial charge in [-0.1, -0.05) is 0 Å². The van der Waals surface area contributed by atoms with E-state index >= 15 is 0 Å². The molecular weight excluding hydrogens is 310 g/mol. The predicted molar refractivity (Wildman–Crippen MR) is 87.2 cm³/mol. The van der Waals surface area contributed by atoms with Crippen LogP contribution in [0.2, 0.25) is 0 Å². The van der Waals surface area contributed by atoms with Crippen molar-refractivity contribution in [1.82, 2.24) is 20.5 Å². The number of β-amino-alcohol motifs (C(OH)–C–C–N with tert-alkyl or cyclic N) is 1. The summed E-state index contributed by atoms with van der Waals surface area (Å²) in [6, 6.07) is 1.96. The molecule has 0 radical (unpaired) electrons. The normalized spacial score (nSPS) is 24.0. The topological polar surface area (TPSA) is 111 Å². The van der Waals surface area contributed by atoms with E-state index in [1.54, 1.807) is 4.90 Å². The molecule has 130 valence electrons. The van der Waals surface area contributed by atoms with Crippen molar-refractivity contribution in [2.75, 3.05) is 13.1 Å².